The van der Waals surface area contributed by atoms with Gasteiger partial charge in [0, 0.05) is 5.54 Å². The van der Waals surface area contributed by atoms with Gasteiger partial charge in [-0.15, -0.1) is 0 Å². The molecule has 19 heavy (non-hydrogen) atoms. The Labute approximate surface area is 121 Å². The molecular formula is C14H22ClNO2S. The van der Waals surface area contributed by atoms with Crippen molar-refractivity contribution in [3.8, 4) is 0 Å². The minimum atomic E-state index is -3.27. The van der Waals surface area contributed by atoms with Crippen LogP contribution >= 0.6 is 11.6 Å². The summed E-state index contributed by atoms with van der Waals surface area (Å²) >= 11 is 5.92. The molecule has 0 aromatic heterocycles. The minimum absolute atomic E-state index is 0.0710. The van der Waals surface area contributed by atoms with Crippen molar-refractivity contribution < 1.29 is 8.42 Å². The summed E-state index contributed by atoms with van der Waals surface area (Å²) in [4.78, 5) is 0.237. The van der Waals surface area contributed by atoms with Gasteiger partial charge in [-0.1, -0.05) is 23.7 Å². The van der Waals surface area contributed by atoms with Gasteiger partial charge in [0.05, 0.1) is 15.7 Å². The molecule has 0 fully saturated rings. The van der Waals surface area contributed by atoms with Gasteiger partial charge in [0.2, 0.25) is 0 Å². The highest BCUT2D eigenvalue weighted by molar-refractivity contribution is 7.91. The van der Waals surface area contributed by atoms with Crippen LogP contribution in [-0.4, -0.2) is 26.3 Å². The quantitative estimate of drug-likeness (QED) is 0.820. The zero-order chi connectivity index (χ0) is 14.5. The average molecular weight is 304 g/mol. The fraction of sp³-hybridized carbons (Fsp3) is 0.571. The summed E-state index contributed by atoms with van der Waals surface area (Å²) in [5, 5.41) is 3.64. The lowest BCUT2D eigenvalue weighted by atomic mass is 10.1. The molecule has 0 unspecified atom stereocenters. The number of unbranched alkanes of at least 4 members (excludes halogenated alkanes) is 1. The number of halogens is 1. The molecule has 0 heterocycles. The first-order valence-corrected chi connectivity index (χ1v) is 8.48. The summed E-state index contributed by atoms with van der Waals surface area (Å²) < 4.78 is 24.2. The lowest BCUT2D eigenvalue weighted by molar-refractivity contribution is 0.421. The van der Waals surface area contributed by atoms with Crippen molar-refractivity contribution in [2.75, 3.05) is 12.3 Å². The van der Waals surface area contributed by atoms with Crippen molar-refractivity contribution >= 4 is 21.4 Å². The maximum atomic E-state index is 12.1. The number of sulfone groups is 1. The Balaban J connectivity index is 2.47. The molecule has 108 valence electrons. The zero-order valence-electron chi connectivity index (χ0n) is 11.7. The first-order chi connectivity index (χ1) is 8.72. The van der Waals surface area contributed by atoms with Gasteiger partial charge in [0.15, 0.2) is 9.84 Å². The molecule has 1 aromatic carbocycles. The molecule has 0 radical (unpaired) electrons. The van der Waals surface area contributed by atoms with E-state index in [1.165, 1.54) is 0 Å². The van der Waals surface area contributed by atoms with E-state index in [0.717, 1.165) is 13.0 Å². The van der Waals surface area contributed by atoms with Gasteiger partial charge >= 0.3 is 0 Å². The van der Waals surface area contributed by atoms with E-state index in [9.17, 15) is 8.42 Å². The molecule has 1 aromatic rings. The van der Waals surface area contributed by atoms with E-state index in [2.05, 4.69) is 26.1 Å². The lowest BCUT2D eigenvalue weighted by Crippen LogP contribution is -2.36. The van der Waals surface area contributed by atoms with Crippen molar-refractivity contribution in [1.82, 2.24) is 5.32 Å². The Kier molecular flexibility index (Phi) is 5.83. The lowest BCUT2D eigenvalue weighted by Gasteiger charge is -2.20. The minimum Gasteiger partial charge on any atom is -0.312 e. The Hall–Kier alpha value is -0.580. The summed E-state index contributed by atoms with van der Waals surface area (Å²) in [6, 6.07) is 6.59. The molecule has 3 nitrogen and oxygen atoms in total. The van der Waals surface area contributed by atoms with Crippen LogP contribution in [0.1, 0.15) is 33.6 Å². The third-order valence-electron chi connectivity index (χ3n) is 2.67. The van der Waals surface area contributed by atoms with Gasteiger partial charge < -0.3 is 5.32 Å². The first-order valence-electron chi connectivity index (χ1n) is 6.45. The van der Waals surface area contributed by atoms with Crippen molar-refractivity contribution in [2.24, 2.45) is 0 Å². The van der Waals surface area contributed by atoms with Crippen LogP contribution in [0.15, 0.2) is 29.2 Å². The van der Waals surface area contributed by atoms with Crippen molar-refractivity contribution in [3.63, 3.8) is 0 Å². The largest absolute Gasteiger partial charge is 0.312 e. The van der Waals surface area contributed by atoms with Gasteiger partial charge in [-0.25, -0.2) is 8.42 Å². The first kappa shape index (κ1) is 16.5. The summed E-state index contributed by atoms with van der Waals surface area (Å²) in [6.45, 7) is 7.09. The SMILES string of the molecule is CC(C)(C)NCCCCS(=O)(=O)c1ccccc1Cl. The predicted molar refractivity (Wildman–Crippen MR) is 80.5 cm³/mol. The zero-order valence-corrected chi connectivity index (χ0v) is 13.3. The van der Waals surface area contributed by atoms with Gasteiger partial charge in [-0.05, 0) is 52.3 Å². The second kappa shape index (κ2) is 6.73. The molecule has 0 bridgehead atoms. The molecule has 0 amide bonds. The van der Waals surface area contributed by atoms with E-state index >= 15 is 0 Å². The van der Waals surface area contributed by atoms with Crippen LogP contribution in [0.25, 0.3) is 0 Å². The van der Waals surface area contributed by atoms with Crippen LogP contribution in [0.4, 0.5) is 0 Å². The second-order valence-electron chi connectivity index (χ2n) is 5.63. The van der Waals surface area contributed by atoms with E-state index in [1.807, 2.05) is 0 Å². The Morgan fingerprint density at radius 2 is 1.79 bits per heavy atom. The summed E-state index contributed by atoms with van der Waals surface area (Å²) in [7, 11) is -3.27. The molecule has 0 atom stereocenters. The fourth-order valence-electron chi connectivity index (χ4n) is 1.69. The van der Waals surface area contributed by atoms with E-state index in [-0.39, 0.29) is 16.2 Å². The molecule has 0 spiro atoms. The number of rotatable bonds is 6. The third kappa shape index (κ3) is 5.93. The van der Waals surface area contributed by atoms with Gasteiger partial charge in [-0.3, -0.25) is 0 Å². The predicted octanol–water partition coefficient (Wildman–Crippen LogP) is 3.28. The van der Waals surface area contributed by atoms with E-state index in [4.69, 9.17) is 11.6 Å². The Bertz CT molecular complexity index is 506. The Morgan fingerprint density at radius 1 is 1.16 bits per heavy atom. The summed E-state index contributed by atoms with van der Waals surface area (Å²) in [5.74, 6) is 0.141. The number of benzene rings is 1. The van der Waals surface area contributed by atoms with Crippen molar-refractivity contribution in [2.45, 2.75) is 44.0 Å². The van der Waals surface area contributed by atoms with Gasteiger partial charge in [0.1, 0.15) is 0 Å². The van der Waals surface area contributed by atoms with Crippen molar-refractivity contribution in [1.29, 1.82) is 0 Å². The highest BCUT2D eigenvalue weighted by atomic mass is 35.5. The number of hydrogen-bond donors (Lipinski definition) is 1. The highest BCUT2D eigenvalue weighted by Gasteiger charge is 2.17. The standard InChI is InChI=1S/C14H22ClNO2S/c1-14(2,3)16-10-6-7-11-19(17,18)13-9-5-4-8-12(13)15/h4-5,8-9,16H,6-7,10-11H2,1-3H3. The molecule has 0 saturated carbocycles. The summed E-state index contributed by atoms with van der Waals surface area (Å²) in [5.41, 5.74) is 0.0710. The second-order valence-corrected chi connectivity index (χ2v) is 8.12. The molecule has 1 rings (SSSR count). The molecular weight excluding hydrogens is 282 g/mol. The molecule has 0 saturated heterocycles. The fourth-order valence-corrected chi connectivity index (χ4v) is 3.63. The van der Waals surface area contributed by atoms with Crippen LogP contribution in [0.2, 0.25) is 5.02 Å². The maximum Gasteiger partial charge on any atom is 0.179 e. The van der Waals surface area contributed by atoms with E-state index in [1.54, 1.807) is 24.3 Å². The molecule has 0 aliphatic carbocycles. The topological polar surface area (TPSA) is 46.2 Å². The van der Waals surface area contributed by atoms with Gasteiger partial charge in [-0.2, -0.15) is 0 Å². The van der Waals surface area contributed by atoms with Crippen LogP contribution in [-0.2, 0) is 9.84 Å². The Morgan fingerprint density at radius 3 is 2.37 bits per heavy atom. The molecule has 0 aliphatic rings. The van der Waals surface area contributed by atoms with E-state index in [0.29, 0.717) is 11.4 Å². The molecule has 0 aliphatic heterocycles. The van der Waals surface area contributed by atoms with Crippen LogP contribution in [0, 0.1) is 0 Å². The van der Waals surface area contributed by atoms with Crippen molar-refractivity contribution in [3.05, 3.63) is 29.3 Å². The monoisotopic (exact) mass is 303 g/mol. The smallest absolute Gasteiger partial charge is 0.179 e. The number of nitrogens with one attached hydrogen (secondary N) is 1. The number of hydrogen-bond acceptors (Lipinski definition) is 3. The van der Waals surface area contributed by atoms with Crippen LogP contribution in [0.5, 0.6) is 0 Å². The highest BCUT2D eigenvalue weighted by Crippen LogP contribution is 2.22. The van der Waals surface area contributed by atoms with Gasteiger partial charge in [0.25, 0.3) is 0 Å². The van der Waals surface area contributed by atoms with Crippen LogP contribution in [0.3, 0.4) is 0 Å². The normalized spacial score (nSPS) is 12.6. The van der Waals surface area contributed by atoms with E-state index < -0.39 is 9.84 Å². The average Bonchev–Trinajstić information content (AvgIpc) is 2.27. The summed E-state index contributed by atoms with van der Waals surface area (Å²) in [6.07, 6.45) is 1.47. The molecule has 1 N–H and O–H groups in total. The van der Waals surface area contributed by atoms with Crippen LogP contribution < -0.4 is 5.32 Å². The molecule has 5 heteroatoms. The maximum absolute atomic E-state index is 12.1. The third-order valence-corrected chi connectivity index (χ3v) is 4.96.